The van der Waals surface area contributed by atoms with E-state index in [-0.39, 0.29) is 0 Å². The molecule has 1 aromatic rings. The molecule has 2 atom stereocenters. The quantitative estimate of drug-likeness (QED) is 0.684. The molecule has 1 heterocycles. The number of aliphatic hydroxyl groups excluding tert-OH is 2. The summed E-state index contributed by atoms with van der Waals surface area (Å²) in [6.07, 6.45) is -0.120. The maximum absolute atomic E-state index is 9.60. The van der Waals surface area contributed by atoms with Gasteiger partial charge in [-0.1, -0.05) is 11.6 Å². The van der Waals surface area contributed by atoms with E-state index in [1.165, 1.54) is 6.20 Å². The average Bonchev–Trinajstić information content (AvgIpc) is 2.18. The molecule has 2 unspecified atom stereocenters. The fraction of sp³-hybridized carbons (Fsp3) is 0.444. The Kier molecular flexibility index (Phi) is 4.28. The second-order valence-corrected chi connectivity index (χ2v) is 3.43. The van der Waals surface area contributed by atoms with Gasteiger partial charge in [-0.2, -0.15) is 0 Å². The fourth-order valence-electron chi connectivity index (χ4n) is 1.09. The molecule has 0 saturated heterocycles. The van der Waals surface area contributed by atoms with Crippen LogP contribution in [0.2, 0.25) is 5.02 Å². The van der Waals surface area contributed by atoms with Gasteiger partial charge >= 0.3 is 0 Å². The number of rotatable bonds is 4. The maximum Gasteiger partial charge on any atom is 0.122 e. The average molecular weight is 217 g/mol. The Morgan fingerprint density at radius 3 is 2.64 bits per heavy atom. The Labute approximate surface area is 87.3 Å². The van der Waals surface area contributed by atoms with E-state index in [1.54, 1.807) is 12.1 Å². The number of hydrogen-bond donors (Lipinski definition) is 3. The van der Waals surface area contributed by atoms with E-state index in [2.05, 4.69) is 4.98 Å². The molecule has 0 aliphatic heterocycles. The van der Waals surface area contributed by atoms with Crippen molar-refractivity contribution in [3.63, 3.8) is 0 Å². The SMILES string of the molecule is NCCC(O)C(O)c1ccc(Cl)cn1. The molecule has 4 nitrogen and oxygen atoms in total. The van der Waals surface area contributed by atoms with Crippen molar-refractivity contribution in [3.05, 3.63) is 29.0 Å². The van der Waals surface area contributed by atoms with Crippen LogP contribution in [0.15, 0.2) is 18.3 Å². The highest BCUT2D eigenvalue weighted by atomic mass is 35.5. The zero-order chi connectivity index (χ0) is 10.6. The first-order valence-corrected chi connectivity index (χ1v) is 4.70. The van der Waals surface area contributed by atoms with Crippen molar-refractivity contribution >= 4 is 11.6 Å². The lowest BCUT2D eigenvalue weighted by Gasteiger charge is -2.16. The van der Waals surface area contributed by atoms with Crippen molar-refractivity contribution in [3.8, 4) is 0 Å². The second kappa shape index (κ2) is 5.26. The standard InChI is InChI=1S/C9H13ClN2O2/c10-6-1-2-7(12-5-6)9(14)8(13)3-4-11/h1-2,5,8-9,13-14H,3-4,11H2. The summed E-state index contributed by atoms with van der Waals surface area (Å²) >= 11 is 5.63. The number of hydrogen-bond acceptors (Lipinski definition) is 4. The third-order valence-corrected chi connectivity index (χ3v) is 2.10. The molecule has 5 heteroatoms. The fourth-order valence-corrected chi connectivity index (χ4v) is 1.20. The highest BCUT2D eigenvalue weighted by Gasteiger charge is 2.18. The van der Waals surface area contributed by atoms with Crippen LogP contribution in [0.1, 0.15) is 18.2 Å². The lowest BCUT2D eigenvalue weighted by atomic mass is 10.1. The van der Waals surface area contributed by atoms with Crippen molar-refractivity contribution in [1.29, 1.82) is 0 Å². The Morgan fingerprint density at radius 2 is 2.14 bits per heavy atom. The van der Waals surface area contributed by atoms with E-state index < -0.39 is 12.2 Å². The number of aromatic nitrogens is 1. The van der Waals surface area contributed by atoms with E-state index in [0.29, 0.717) is 23.7 Å². The van der Waals surface area contributed by atoms with Gasteiger partial charge in [0.05, 0.1) is 16.8 Å². The van der Waals surface area contributed by atoms with E-state index in [0.717, 1.165) is 0 Å². The Bertz CT molecular complexity index is 279. The van der Waals surface area contributed by atoms with Crippen molar-refractivity contribution in [2.24, 2.45) is 5.73 Å². The van der Waals surface area contributed by atoms with Gasteiger partial charge < -0.3 is 15.9 Å². The monoisotopic (exact) mass is 216 g/mol. The van der Waals surface area contributed by atoms with Gasteiger partial charge in [0.2, 0.25) is 0 Å². The van der Waals surface area contributed by atoms with Crippen LogP contribution in [0.4, 0.5) is 0 Å². The predicted molar refractivity (Wildman–Crippen MR) is 53.9 cm³/mol. The molecule has 0 aliphatic carbocycles. The molecule has 0 amide bonds. The minimum atomic E-state index is -1.00. The highest BCUT2D eigenvalue weighted by Crippen LogP contribution is 2.17. The van der Waals surface area contributed by atoms with E-state index in [1.807, 2.05) is 0 Å². The molecule has 0 bridgehead atoms. The minimum Gasteiger partial charge on any atom is -0.390 e. The molecular formula is C9H13ClN2O2. The topological polar surface area (TPSA) is 79.4 Å². The first-order valence-electron chi connectivity index (χ1n) is 4.33. The summed E-state index contributed by atoms with van der Waals surface area (Å²) in [6, 6.07) is 3.19. The molecule has 0 radical (unpaired) electrons. The van der Waals surface area contributed by atoms with Crippen molar-refractivity contribution in [1.82, 2.24) is 4.98 Å². The number of nitrogens with two attached hydrogens (primary N) is 1. The van der Waals surface area contributed by atoms with Crippen LogP contribution < -0.4 is 5.73 Å². The summed E-state index contributed by atoms with van der Waals surface area (Å²) in [6.45, 7) is 0.325. The molecule has 0 aliphatic rings. The van der Waals surface area contributed by atoms with Crippen LogP contribution in [0.5, 0.6) is 0 Å². The van der Waals surface area contributed by atoms with Crippen LogP contribution >= 0.6 is 11.6 Å². The highest BCUT2D eigenvalue weighted by molar-refractivity contribution is 6.30. The molecule has 0 fully saturated rings. The number of nitrogens with zero attached hydrogens (tertiary/aromatic N) is 1. The van der Waals surface area contributed by atoms with E-state index in [4.69, 9.17) is 17.3 Å². The van der Waals surface area contributed by atoms with E-state index in [9.17, 15) is 10.2 Å². The van der Waals surface area contributed by atoms with Gasteiger partial charge in [-0.05, 0) is 25.1 Å². The van der Waals surface area contributed by atoms with Gasteiger partial charge in [-0.25, -0.2) is 0 Å². The predicted octanol–water partition coefficient (Wildman–Crippen LogP) is 0.478. The lowest BCUT2D eigenvalue weighted by Crippen LogP contribution is -2.22. The molecular weight excluding hydrogens is 204 g/mol. The zero-order valence-electron chi connectivity index (χ0n) is 7.60. The molecule has 0 spiro atoms. The molecule has 78 valence electrons. The number of aliphatic hydroxyl groups is 2. The summed E-state index contributed by atoms with van der Waals surface area (Å²) in [5.41, 5.74) is 5.66. The molecule has 0 saturated carbocycles. The molecule has 0 aromatic carbocycles. The summed E-state index contributed by atoms with van der Waals surface area (Å²) in [5.74, 6) is 0. The maximum atomic E-state index is 9.60. The van der Waals surface area contributed by atoms with Crippen LogP contribution in [0, 0.1) is 0 Å². The minimum absolute atomic E-state index is 0.325. The van der Waals surface area contributed by atoms with Crippen LogP contribution in [0.3, 0.4) is 0 Å². The summed E-state index contributed by atoms with van der Waals surface area (Å²) < 4.78 is 0. The first-order chi connectivity index (χ1) is 6.65. The van der Waals surface area contributed by atoms with Crippen molar-refractivity contribution in [2.75, 3.05) is 6.54 Å². The third kappa shape index (κ3) is 2.92. The number of halogens is 1. The van der Waals surface area contributed by atoms with Crippen molar-refractivity contribution in [2.45, 2.75) is 18.6 Å². The molecule has 14 heavy (non-hydrogen) atoms. The Morgan fingerprint density at radius 1 is 1.43 bits per heavy atom. The third-order valence-electron chi connectivity index (χ3n) is 1.88. The van der Waals surface area contributed by atoms with Gasteiger partial charge in [0, 0.05) is 6.20 Å². The second-order valence-electron chi connectivity index (χ2n) is 2.99. The van der Waals surface area contributed by atoms with E-state index >= 15 is 0 Å². The normalized spacial score (nSPS) is 15.1. The summed E-state index contributed by atoms with van der Waals surface area (Å²) in [4.78, 5) is 3.90. The zero-order valence-corrected chi connectivity index (χ0v) is 8.35. The van der Waals surface area contributed by atoms with Crippen molar-refractivity contribution < 1.29 is 10.2 Å². The first kappa shape index (κ1) is 11.4. The van der Waals surface area contributed by atoms with Gasteiger partial charge in [0.15, 0.2) is 0 Å². The summed E-state index contributed by atoms with van der Waals surface area (Å²) in [7, 11) is 0. The van der Waals surface area contributed by atoms with Crippen LogP contribution in [-0.4, -0.2) is 27.8 Å². The Balaban J connectivity index is 2.68. The van der Waals surface area contributed by atoms with Crippen LogP contribution in [0.25, 0.3) is 0 Å². The van der Waals surface area contributed by atoms with Gasteiger partial charge in [0.25, 0.3) is 0 Å². The van der Waals surface area contributed by atoms with Gasteiger partial charge in [-0.3, -0.25) is 4.98 Å². The molecule has 1 rings (SSSR count). The largest absolute Gasteiger partial charge is 0.390 e. The lowest BCUT2D eigenvalue weighted by molar-refractivity contribution is 0.0125. The number of pyridine rings is 1. The smallest absolute Gasteiger partial charge is 0.122 e. The summed E-state index contributed by atoms with van der Waals surface area (Å²) in [5, 5.41) is 19.5. The molecule has 1 aromatic heterocycles. The van der Waals surface area contributed by atoms with Crippen LogP contribution in [-0.2, 0) is 0 Å². The van der Waals surface area contributed by atoms with Gasteiger partial charge in [-0.15, -0.1) is 0 Å². The molecule has 4 N–H and O–H groups in total. The van der Waals surface area contributed by atoms with Gasteiger partial charge in [0.1, 0.15) is 6.10 Å². The Hall–Kier alpha value is -0.680.